The fraction of sp³-hybridized carbons (Fsp3) is 0.400. The van der Waals surface area contributed by atoms with Crippen LogP contribution in [-0.4, -0.2) is 41.4 Å². The van der Waals surface area contributed by atoms with Gasteiger partial charge >= 0.3 is 0 Å². The van der Waals surface area contributed by atoms with E-state index in [1.165, 1.54) is 6.33 Å². The normalized spacial score (nSPS) is 13.7. The van der Waals surface area contributed by atoms with Crippen LogP contribution in [0.5, 0.6) is 0 Å². The van der Waals surface area contributed by atoms with Crippen molar-refractivity contribution in [2.75, 3.05) is 0 Å². The van der Waals surface area contributed by atoms with Crippen LogP contribution < -0.4 is 0 Å². The van der Waals surface area contributed by atoms with Crippen molar-refractivity contribution in [3.05, 3.63) is 65.0 Å². The maximum absolute atomic E-state index is 13.2. The van der Waals surface area contributed by atoms with Gasteiger partial charge < -0.3 is 4.90 Å². The first-order valence-corrected chi connectivity index (χ1v) is 9.24. The molecule has 0 saturated heterocycles. The fourth-order valence-electron chi connectivity index (χ4n) is 3.39. The second-order valence-corrected chi connectivity index (χ2v) is 7.23. The van der Waals surface area contributed by atoms with E-state index in [-0.39, 0.29) is 5.91 Å². The summed E-state index contributed by atoms with van der Waals surface area (Å²) in [6, 6.07) is 8.13. The minimum absolute atomic E-state index is 0.0902. The van der Waals surface area contributed by atoms with E-state index in [1.54, 1.807) is 11.0 Å². The SMILES string of the molecule is Cc1nn(C)c(C)c1CN(C(=O)c1ccc(Cn2cncn2)cc1)C1CC1. The number of nitrogens with zero attached hydrogens (tertiary/aromatic N) is 6. The second kappa shape index (κ2) is 6.98. The van der Waals surface area contributed by atoms with E-state index in [0.717, 1.165) is 40.9 Å². The summed E-state index contributed by atoms with van der Waals surface area (Å²) in [7, 11) is 1.95. The van der Waals surface area contributed by atoms with E-state index >= 15 is 0 Å². The summed E-state index contributed by atoms with van der Waals surface area (Å²) < 4.78 is 3.65. The van der Waals surface area contributed by atoms with Gasteiger partial charge in [-0.05, 0) is 44.4 Å². The second-order valence-electron chi connectivity index (χ2n) is 7.23. The molecule has 0 bridgehead atoms. The number of rotatable bonds is 6. The average molecular weight is 364 g/mol. The number of carbonyl (C=O) groups excluding carboxylic acids is 1. The summed E-state index contributed by atoms with van der Waals surface area (Å²) >= 11 is 0. The monoisotopic (exact) mass is 364 g/mol. The first-order chi connectivity index (χ1) is 13.0. The molecule has 1 aliphatic carbocycles. The Morgan fingerprint density at radius 1 is 1.22 bits per heavy atom. The average Bonchev–Trinajstić information content (AvgIpc) is 3.31. The van der Waals surface area contributed by atoms with Gasteiger partial charge in [0.05, 0.1) is 12.2 Å². The quantitative estimate of drug-likeness (QED) is 0.674. The van der Waals surface area contributed by atoms with Crippen LogP contribution in [0.1, 0.15) is 45.7 Å². The lowest BCUT2D eigenvalue weighted by Gasteiger charge is -2.23. The van der Waals surface area contributed by atoms with Crippen LogP contribution >= 0.6 is 0 Å². The summed E-state index contributed by atoms with van der Waals surface area (Å²) in [4.78, 5) is 19.1. The summed E-state index contributed by atoms with van der Waals surface area (Å²) in [5, 5.41) is 8.60. The molecule has 0 spiro atoms. The number of carbonyl (C=O) groups is 1. The molecule has 0 N–H and O–H groups in total. The Morgan fingerprint density at radius 3 is 2.52 bits per heavy atom. The highest BCUT2D eigenvalue weighted by Gasteiger charge is 2.34. The highest BCUT2D eigenvalue weighted by atomic mass is 16.2. The largest absolute Gasteiger partial charge is 0.331 e. The molecule has 1 aliphatic rings. The lowest BCUT2D eigenvalue weighted by molar-refractivity contribution is 0.0729. The fourth-order valence-corrected chi connectivity index (χ4v) is 3.39. The van der Waals surface area contributed by atoms with Crippen LogP contribution in [0.25, 0.3) is 0 Å². The molecule has 27 heavy (non-hydrogen) atoms. The van der Waals surface area contributed by atoms with Gasteiger partial charge in [0.1, 0.15) is 12.7 Å². The minimum atomic E-state index is 0.0902. The summed E-state index contributed by atoms with van der Waals surface area (Å²) in [6.45, 7) is 5.34. The summed E-state index contributed by atoms with van der Waals surface area (Å²) in [5.74, 6) is 0.0902. The van der Waals surface area contributed by atoms with E-state index < -0.39 is 0 Å². The molecule has 0 atom stereocenters. The summed E-state index contributed by atoms with van der Waals surface area (Å²) in [6.07, 6.45) is 5.36. The maximum atomic E-state index is 13.2. The smallest absolute Gasteiger partial charge is 0.254 e. The van der Waals surface area contributed by atoms with Crippen LogP contribution in [0.2, 0.25) is 0 Å². The Hall–Kier alpha value is -2.96. The molecule has 1 fully saturated rings. The van der Waals surface area contributed by atoms with E-state index in [4.69, 9.17) is 0 Å². The first kappa shape index (κ1) is 17.5. The molecule has 0 unspecified atom stereocenters. The zero-order valence-electron chi connectivity index (χ0n) is 16.0. The lowest BCUT2D eigenvalue weighted by atomic mass is 10.1. The van der Waals surface area contributed by atoms with Gasteiger partial charge in [0, 0.05) is 36.5 Å². The van der Waals surface area contributed by atoms with Crippen molar-refractivity contribution in [2.24, 2.45) is 7.05 Å². The first-order valence-electron chi connectivity index (χ1n) is 9.24. The topological polar surface area (TPSA) is 68.8 Å². The highest BCUT2D eigenvalue weighted by molar-refractivity contribution is 5.94. The molecule has 1 saturated carbocycles. The third-order valence-corrected chi connectivity index (χ3v) is 5.25. The van der Waals surface area contributed by atoms with Gasteiger partial charge in [0.25, 0.3) is 5.91 Å². The number of hydrogen-bond acceptors (Lipinski definition) is 4. The Morgan fingerprint density at radius 2 is 1.96 bits per heavy atom. The molecule has 0 aliphatic heterocycles. The third-order valence-electron chi connectivity index (χ3n) is 5.25. The molecule has 7 nitrogen and oxygen atoms in total. The number of aromatic nitrogens is 5. The lowest BCUT2D eigenvalue weighted by Crippen LogP contribution is -2.33. The summed E-state index contributed by atoms with van der Waals surface area (Å²) in [5.41, 5.74) is 5.09. The zero-order valence-corrected chi connectivity index (χ0v) is 16.0. The molecule has 2 heterocycles. The number of benzene rings is 1. The molecule has 3 aromatic rings. The number of hydrogen-bond donors (Lipinski definition) is 0. The number of aryl methyl sites for hydroxylation is 2. The van der Waals surface area contributed by atoms with Crippen LogP contribution in [0.4, 0.5) is 0 Å². The third kappa shape index (κ3) is 3.63. The standard InChI is InChI=1S/C20H24N6O/c1-14-19(15(2)24(3)23-14)11-26(18-8-9-18)20(27)17-6-4-16(5-7-17)10-25-13-21-12-22-25/h4-7,12-13,18H,8-11H2,1-3H3. The van der Waals surface area contributed by atoms with E-state index in [9.17, 15) is 4.79 Å². The number of amides is 1. The van der Waals surface area contributed by atoms with Crippen LogP contribution in [0, 0.1) is 13.8 Å². The van der Waals surface area contributed by atoms with Crippen molar-refractivity contribution >= 4 is 5.91 Å². The van der Waals surface area contributed by atoms with E-state index in [0.29, 0.717) is 19.1 Å². The van der Waals surface area contributed by atoms with Gasteiger partial charge in [0.2, 0.25) is 0 Å². The molecule has 1 amide bonds. The van der Waals surface area contributed by atoms with E-state index in [2.05, 4.69) is 22.1 Å². The van der Waals surface area contributed by atoms with Crippen LogP contribution in [0.15, 0.2) is 36.9 Å². The molecular weight excluding hydrogens is 340 g/mol. The van der Waals surface area contributed by atoms with Gasteiger partial charge in [-0.1, -0.05) is 12.1 Å². The van der Waals surface area contributed by atoms with Gasteiger partial charge in [-0.25, -0.2) is 9.67 Å². The van der Waals surface area contributed by atoms with Crippen molar-refractivity contribution in [1.82, 2.24) is 29.4 Å². The van der Waals surface area contributed by atoms with Crippen molar-refractivity contribution in [2.45, 2.75) is 45.8 Å². The maximum Gasteiger partial charge on any atom is 0.254 e. The molecule has 2 aromatic heterocycles. The minimum Gasteiger partial charge on any atom is -0.331 e. The van der Waals surface area contributed by atoms with Crippen LogP contribution in [-0.2, 0) is 20.1 Å². The Kier molecular flexibility index (Phi) is 4.51. The molecular formula is C20H24N6O. The van der Waals surface area contributed by atoms with Crippen molar-refractivity contribution in [1.29, 1.82) is 0 Å². The molecule has 4 rings (SSSR count). The van der Waals surface area contributed by atoms with Crippen LogP contribution in [0.3, 0.4) is 0 Å². The van der Waals surface area contributed by atoms with Gasteiger partial charge in [0.15, 0.2) is 0 Å². The highest BCUT2D eigenvalue weighted by Crippen LogP contribution is 2.31. The molecule has 1 aromatic carbocycles. The zero-order chi connectivity index (χ0) is 19.0. The molecule has 0 radical (unpaired) electrons. The predicted octanol–water partition coefficient (Wildman–Crippen LogP) is 2.48. The molecule has 140 valence electrons. The van der Waals surface area contributed by atoms with Gasteiger partial charge in [-0.15, -0.1) is 0 Å². The predicted molar refractivity (Wildman–Crippen MR) is 101 cm³/mol. The van der Waals surface area contributed by atoms with Crippen molar-refractivity contribution in [3.8, 4) is 0 Å². The molecule has 7 heteroatoms. The van der Waals surface area contributed by atoms with Gasteiger partial charge in [-0.2, -0.15) is 10.2 Å². The Balaban J connectivity index is 1.52. The van der Waals surface area contributed by atoms with E-state index in [1.807, 2.05) is 47.8 Å². The Bertz CT molecular complexity index is 938. The Labute approximate surface area is 158 Å². The van der Waals surface area contributed by atoms with Gasteiger partial charge in [-0.3, -0.25) is 9.48 Å². The van der Waals surface area contributed by atoms with Crippen molar-refractivity contribution < 1.29 is 4.79 Å². The van der Waals surface area contributed by atoms with Crippen molar-refractivity contribution in [3.63, 3.8) is 0 Å².